The van der Waals surface area contributed by atoms with Crippen LogP contribution in [0.15, 0.2) is 12.1 Å². The third kappa shape index (κ3) is 7.04. The zero-order valence-corrected chi connectivity index (χ0v) is 18.7. The van der Waals surface area contributed by atoms with Gasteiger partial charge >= 0.3 is 5.97 Å². The topological polar surface area (TPSA) is 103 Å². The van der Waals surface area contributed by atoms with Gasteiger partial charge in [-0.25, -0.2) is 0 Å². The zero-order chi connectivity index (χ0) is 22.1. The number of morpholine rings is 1. The average molecular weight is 442 g/mol. The van der Waals surface area contributed by atoms with E-state index in [1.807, 2.05) is 6.92 Å². The Morgan fingerprint density at radius 1 is 1.43 bits per heavy atom. The largest absolute Gasteiger partial charge is 0.496 e. The van der Waals surface area contributed by atoms with Gasteiger partial charge in [0, 0.05) is 38.2 Å². The molecule has 2 rings (SSSR count). The van der Waals surface area contributed by atoms with Crippen molar-refractivity contribution in [1.82, 2.24) is 10.2 Å². The molecule has 168 valence electrons. The highest BCUT2D eigenvalue weighted by molar-refractivity contribution is 6.33. The summed E-state index contributed by atoms with van der Waals surface area (Å²) in [5, 5.41) is 3.19. The van der Waals surface area contributed by atoms with Gasteiger partial charge in [0.15, 0.2) is 0 Å². The number of carbonyl (C=O) groups excluding carboxylic acids is 2. The van der Waals surface area contributed by atoms with Crippen molar-refractivity contribution in [2.45, 2.75) is 45.3 Å². The molecule has 0 spiro atoms. The van der Waals surface area contributed by atoms with Crippen LogP contribution in [0.25, 0.3) is 0 Å². The second kappa shape index (κ2) is 12.0. The van der Waals surface area contributed by atoms with Crippen molar-refractivity contribution in [3.8, 4) is 5.75 Å². The van der Waals surface area contributed by atoms with E-state index in [4.69, 9.17) is 31.5 Å². The zero-order valence-electron chi connectivity index (χ0n) is 17.9. The van der Waals surface area contributed by atoms with E-state index in [-0.39, 0.29) is 18.0 Å². The van der Waals surface area contributed by atoms with Crippen molar-refractivity contribution in [3.63, 3.8) is 0 Å². The second-order valence-corrected chi connectivity index (χ2v) is 7.73. The van der Waals surface area contributed by atoms with E-state index in [0.29, 0.717) is 60.8 Å². The van der Waals surface area contributed by atoms with Crippen LogP contribution in [-0.2, 0) is 14.3 Å². The van der Waals surface area contributed by atoms with Gasteiger partial charge in [0.05, 0.1) is 42.7 Å². The van der Waals surface area contributed by atoms with Gasteiger partial charge in [-0.05, 0) is 32.8 Å². The summed E-state index contributed by atoms with van der Waals surface area (Å²) in [6.07, 6.45) is 2.01. The van der Waals surface area contributed by atoms with Gasteiger partial charge in [-0.3, -0.25) is 14.5 Å². The summed E-state index contributed by atoms with van der Waals surface area (Å²) in [5.41, 5.74) is 6.46. The lowest BCUT2D eigenvalue weighted by molar-refractivity contribution is -0.143. The van der Waals surface area contributed by atoms with Gasteiger partial charge in [0.1, 0.15) is 5.75 Å². The first kappa shape index (κ1) is 24.2. The summed E-state index contributed by atoms with van der Waals surface area (Å²) in [7, 11) is 1.48. The van der Waals surface area contributed by atoms with Crippen LogP contribution in [0.4, 0.5) is 5.69 Å². The number of anilines is 1. The fourth-order valence-electron chi connectivity index (χ4n) is 3.44. The van der Waals surface area contributed by atoms with Gasteiger partial charge in [0.25, 0.3) is 5.91 Å². The molecule has 1 heterocycles. The molecule has 2 atom stereocenters. The number of methoxy groups -OCH3 is 1. The van der Waals surface area contributed by atoms with Gasteiger partial charge in [-0.1, -0.05) is 11.6 Å². The van der Waals surface area contributed by atoms with E-state index in [0.717, 1.165) is 19.4 Å². The fraction of sp³-hybridized carbons (Fsp3) is 0.619. The molecular formula is C21H32ClN3O5. The van der Waals surface area contributed by atoms with Gasteiger partial charge in [-0.15, -0.1) is 0 Å². The first-order valence-electron chi connectivity index (χ1n) is 10.3. The Morgan fingerprint density at radius 2 is 2.20 bits per heavy atom. The van der Waals surface area contributed by atoms with Gasteiger partial charge in [-0.2, -0.15) is 0 Å². The van der Waals surface area contributed by atoms with Crippen LogP contribution in [0.3, 0.4) is 0 Å². The SMILES string of the molecule is CCOC(=O)CCCC(C)N1CCO[C@H](CNC(=O)c2cc(Cl)c(N)cc2OC)C1. The first-order valence-corrected chi connectivity index (χ1v) is 10.7. The molecule has 1 amide bonds. The summed E-state index contributed by atoms with van der Waals surface area (Å²) in [5.74, 6) is -0.0711. The van der Waals surface area contributed by atoms with E-state index in [2.05, 4.69) is 17.1 Å². The maximum Gasteiger partial charge on any atom is 0.305 e. The molecule has 1 aromatic carbocycles. The number of hydrogen-bond acceptors (Lipinski definition) is 7. The lowest BCUT2D eigenvalue weighted by atomic mass is 10.1. The van der Waals surface area contributed by atoms with Gasteiger partial charge < -0.3 is 25.3 Å². The molecule has 1 unspecified atom stereocenters. The third-order valence-electron chi connectivity index (χ3n) is 5.16. The maximum atomic E-state index is 12.6. The Balaban J connectivity index is 1.83. The molecule has 0 aromatic heterocycles. The van der Waals surface area contributed by atoms with E-state index in [1.165, 1.54) is 19.2 Å². The van der Waals surface area contributed by atoms with Crippen LogP contribution in [0.2, 0.25) is 5.02 Å². The molecular weight excluding hydrogens is 410 g/mol. The predicted molar refractivity (Wildman–Crippen MR) is 116 cm³/mol. The molecule has 1 aliphatic heterocycles. The highest BCUT2D eigenvalue weighted by atomic mass is 35.5. The van der Waals surface area contributed by atoms with E-state index in [9.17, 15) is 9.59 Å². The number of amides is 1. The molecule has 30 heavy (non-hydrogen) atoms. The minimum Gasteiger partial charge on any atom is -0.496 e. The number of nitrogens with zero attached hydrogens (tertiary/aromatic N) is 1. The molecule has 8 nitrogen and oxygen atoms in total. The molecule has 0 aliphatic carbocycles. The van der Waals surface area contributed by atoms with Crippen LogP contribution in [-0.4, -0.2) is 68.9 Å². The Kier molecular flexibility index (Phi) is 9.68. The first-order chi connectivity index (χ1) is 14.3. The van der Waals surface area contributed by atoms with Crippen LogP contribution >= 0.6 is 11.6 Å². The number of carbonyl (C=O) groups is 2. The molecule has 9 heteroatoms. The number of benzene rings is 1. The van der Waals surface area contributed by atoms with Crippen molar-refractivity contribution in [2.75, 3.05) is 45.7 Å². The van der Waals surface area contributed by atoms with Crippen LogP contribution in [0, 0.1) is 0 Å². The minimum absolute atomic E-state index is 0.120. The van der Waals surface area contributed by atoms with E-state index < -0.39 is 0 Å². The Bertz CT molecular complexity index is 731. The van der Waals surface area contributed by atoms with E-state index >= 15 is 0 Å². The fourth-order valence-corrected chi connectivity index (χ4v) is 3.60. The maximum absolute atomic E-state index is 12.6. The molecule has 1 fully saturated rings. The highest BCUT2D eigenvalue weighted by Gasteiger charge is 2.25. The van der Waals surface area contributed by atoms with Crippen molar-refractivity contribution in [3.05, 3.63) is 22.7 Å². The van der Waals surface area contributed by atoms with Gasteiger partial charge in [0.2, 0.25) is 0 Å². The van der Waals surface area contributed by atoms with Crippen LogP contribution in [0.5, 0.6) is 5.75 Å². The van der Waals surface area contributed by atoms with Crippen molar-refractivity contribution in [2.24, 2.45) is 0 Å². The Morgan fingerprint density at radius 3 is 2.90 bits per heavy atom. The van der Waals surface area contributed by atoms with Crippen molar-refractivity contribution in [1.29, 1.82) is 0 Å². The molecule has 0 radical (unpaired) electrons. The monoisotopic (exact) mass is 441 g/mol. The molecule has 0 bridgehead atoms. The molecule has 1 saturated heterocycles. The average Bonchev–Trinajstić information content (AvgIpc) is 2.73. The number of rotatable bonds is 10. The summed E-state index contributed by atoms with van der Waals surface area (Å²) in [6, 6.07) is 3.36. The molecule has 3 N–H and O–H groups in total. The van der Waals surface area contributed by atoms with E-state index in [1.54, 1.807) is 0 Å². The minimum atomic E-state index is -0.294. The number of esters is 1. The number of ether oxygens (including phenoxy) is 3. The number of halogens is 1. The summed E-state index contributed by atoms with van der Waals surface area (Å²) >= 11 is 6.05. The lowest BCUT2D eigenvalue weighted by Gasteiger charge is -2.37. The summed E-state index contributed by atoms with van der Waals surface area (Å²) in [6.45, 7) is 6.88. The Hall–Kier alpha value is -2.03. The second-order valence-electron chi connectivity index (χ2n) is 7.32. The number of hydrogen-bond donors (Lipinski definition) is 2. The number of nitrogens with two attached hydrogens (primary N) is 1. The quantitative estimate of drug-likeness (QED) is 0.424. The molecule has 1 aliphatic rings. The smallest absolute Gasteiger partial charge is 0.305 e. The highest BCUT2D eigenvalue weighted by Crippen LogP contribution is 2.28. The standard InChI is InChI=1S/C21H32ClN3O5/c1-4-29-20(26)7-5-6-14(2)25-8-9-30-15(13-25)12-24-21(27)16-10-17(22)18(23)11-19(16)28-3/h10-11,14-15H,4-9,12-13,23H2,1-3H3,(H,24,27)/t14?,15-/m1/s1. The number of nitrogen functional groups attached to an aromatic ring is 1. The molecule has 1 aromatic rings. The summed E-state index contributed by atoms with van der Waals surface area (Å²) in [4.78, 5) is 26.4. The lowest BCUT2D eigenvalue weighted by Crippen LogP contribution is -2.50. The van der Waals surface area contributed by atoms with Crippen molar-refractivity contribution < 1.29 is 23.8 Å². The number of nitrogens with one attached hydrogen (secondary N) is 1. The van der Waals surface area contributed by atoms with Crippen LogP contribution < -0.4 is 15.8 Å². The third-order valence-corrected chi connectivity index (χ3v) is 5.48. The van der Waals surface area contributed by atoms with Crippen molar-refractivity contribution >= 4 is 29.2 Å². The van der Waals surface area contributed by atoms with Crippen LogP contribution in [0.1, 0.15) is 43.5 Å². The predicted octanol–water partition coefficient (Wildman–Crippen LogP) is 2.48. The molecule has 0 saturated carbocycles. The Labute approximate surface area is 183 Å². The normalized spacial score (nSPS) is 17.9. The summed E-state index contributed by atoms with van der Waals surface area (Å²) < 4.78 is 16.0.